The lowest BCUT2D eigenvalue weighted by Crippen LogP contribution is -1.81. The van der Waals surface area contributed by atoms with E-state index >= 15 is 0 Å². The number of hydrogen-bond donors (Lipinski definition) is 0. The van der Waals surface area contributed by atoms with Gasteiger partial charge in [0.2, 0.25) is 0 Å². The van der Waals surface area contributed by atoms with Gasteiger partial charge in [0.05, 0.1) is 18.7 Å². The van der Waals surface area contributed by atoms with Crippen molar-refractivity contribution in [2.24, 2.45) is 7.05 Å². The molecule has 50 valence electrons. The molecule has 0 spiro atoms. The zero-order valence-electron chi connectivity index (χ0n) is 6.70. The molecule has 0 fully saturated rings. The number of hydrogen-bond acceptors (Lipinski definition) is 1. The van der Waals surface area contributed by atoms with Crippen molar-refractivity contribution >= 4 is 11.0 Å². The molecule has 2 rings (SSSR count). The molecular formula is C8H8N2. The molecule has 1 aromatic heterocycles. The standard InChI is InChI=1S/C8H8N2/c1-10-6-9-7-4-2-3-5-8(7)10/h2-6H,1H3/i2D. The molecule has 1 heterocycles. The molecular weight excluding hydrogens is 124 g/mol. The van der Waals surface area contributed by atoms with Crippen molar-refractivity contribution in [1.29, 1.82) is 0 Å². The smallest absolute Gasteiger partial charge is 0.0955 e. The Morgan fingerprint density at radius 2 is 2.50 bits per heavy atom. The van der Waals surface area contributed by atoms with E-state index < -0.39 is 0 Å². The first-order valence-electron chi connectivity index (χ1n) is 3.65. The maximum atomic E-state index is 7.34. The van der Waals surface area contributed by atoms with E-state index in [4.69, 9.17) is 1.37 Å². The van der Waals surface area contributed by atoms with Crippen molar-refractivity contribution in [3.05, 3.63) is 30.6 Å². The maximum Gasteiger partial charge on any atom is 0.0955 e. The second kappa shape index (κ2) is 1.84. The highest BCUT2D eigenvalue weighted by molar-refractivity contribution is 5.74. The maximum absolute atomic E-state index is 7.34. The predicted octanol–water partition coefficient (Wildman–Crippen LogP) is 1.57. The zero-order chi connectivity index (χ0) is 7.84. The molecule has 0 aliphatic carbocycles. The van der Waals surface area contributed by atoms with Crippen LogP contribution in [0, 0.1) is 0 Å². The minimum atomic E-state index is 0.510. The Bertz CT molecular complexity index is 392. The average Bonchev–Trinajstić information content (AvgIpc) is 2.32. The van der Waals surface area contributed by atoms with E-state index in [2.05, 4.69) is 4.98 Å². The lowest BCUT2D eigenvalue weighted by Gasteiger charge is -1.90. The molecule has 2 heteroatoms. The lowest BCUT2D eigenvalue weighted by molar-refractivity contribution is 0.948. The Labute approximate surface area is 60.5 Å². The topological polar surface area (TPSA) is 17.8 Å². The van der Waals surface area contributed by atoms with Crippen LogP contribution in [0.4, 0.5) is 0 Å². The number of rotatable bonds is 0. The van der Waals surface area contributed by atoms with Gasteiger partial charge < -0.3 is 4.57 Å². The summed E-state index contributed by atoms with van der Waals surface area (Å²) in [5.74, 6) is 0. The number of aromatic nitrogens is 2. The summed E-state index contributed by atoms with van der Waals surface area (Å²) in [6.45, 7) is 0. The summed E-state index contributed by atoms with van der Waals surface area (Å²) < 4.78 is 9.28. The average molecular weight is 133 g/mol. The first-order valence-corrected chi connectivity index (χ1v) is 3.15. The molecule has 0 aliphatic heterocycles. The summed E-state index contributed by atoms with van der Waals surface area (Å²) in [6, 6.07) is 5.94. The monoisotopic (exact) mass is 133 g/mol. The minimum absolute atomic E-state index is 0.510. The molecule has 2 aromatic rings. The molecule has 0 amide bonds. The van der Waals surface area contributed by atoms with Gasteiger partial charge in [-0.25, -0.2) is 4.98 Å². The van der Waals surface area contributed by atoms with Crippen LogP contribution in [0.1, 0.15) is 1.37 Å². The molecule has 0 N–H and O–H groups in total. The summed E-state index contributed by atoms with van der Waals surface area (Å²) in [5.41, 5.74) is 1.96. The Morgan fingerprint density at radius 3 is 3.40 bits per heavy atom. The first kappa shape index (κ1) is 4.50. The van der Waals surface area contributed by atoms with Crippen LogP contribution in [0.3, 0.4) is 0 Å². The molecule has 0 saturated heterocycles. The highest BCUT2D eigenvalue weighted by Crippen LogP contribution is 2.08. The number of benzene rings is 1. The third-order valence-electron chi connectivity index (χ3n) is 1.57. The van der Waals surface area contributed by atoms with Crippen molar-refractivity contribution in [2.75, 3.05) is 0 Å². The van der Waals surface area contributed by atoms with Gasteiger partial charge in [0.1, 0.15) is 0 Å². The van der Waals surface area contributed by atoms with Crippen LogP contribution >= 0.6 is 0 Å². The second-order valence-corrected chi connectivity index (χ2v) is 2.27. The summed E-state index contributed by atoms with van der Waals surface area (Å²) >= 11 is 0. The van der Waals surface area contributed by atoms with E-state index in [1.165, 1.54) is 0 Å². The fourth-order valence-electron chi connectivity index (χ4n) is 1.03. The SMILES string of the molecule is [2H]c1ccc2c(c1)ncn2C. The summed E-state index contributed by atoms with van der Waals surface area (Å²) in [6.07, 6.45) is 1.75. The largest absolute Gasteiger partial charge is 0.334 e. The van der Waals surface area contributed by atoms with Gasteiger partial charge >= 0.3 is 0 Å². The van der Waals surface area contributed by atoms with Gasteiger partial charge in [-0.1, -0.05) is 12.1 Å². The second-order valence-electron chi connectivity index (χ2n) is 2.27. The Balaban J connectivity index is 2.86. The third kappa shape index (κ3) is 0.620. The Hall–Kier alpha value is -1.31. The molecule has 0 saturated carbocycles. The summed E-state index contributed by atoms with van der Waals surface area (Å²) in [4.78, 5) is 4.12. The van der Waals surface area contributed by atoms with Crippen LogP contribution in [0.15, 0.2) is 30.6 Å². The van der Waals surface area contributed by atoms with Gasteiger partial charge in [-0.3, -0.25) is 0 Å². The van der Waals surface area contributed by atoms with Gasteiger partial charge in [0.25, 0.3) is 0 Å². The normalized spacial score (nSPS) is 11.9. The van der Waals surface area contributed by atoms with Crippen molar-refractivity contribution < 1.29 is 1.37 Å². The van der Waals surface area contributed by atoms with E-state index in [9.17, 15) is 0 Å². The number of aryl methyl sites for hydroxylation is 1. The van der Waals surface area contributed by atoms with E-state index in [1.807, 2.05) is 17.7 Å². The van der Waals surface area contributed by atoms with Gasteiger partial charge in [-0.05, 0) is 12.1 Å². The predicted molar refractivity (Wildman–Crippen MR) is 40.7 cm³/mol. The first-order chi connectivity index (χ1) is 5.27. The van der Waals surface area contributed by atoms with E-state index in [1.54, 1.807) is 18.5 Å². The van der Waals surface area contributed by atoms with Crippen molar-refractivity contribution in [2.45, 2.75) is 0 Å². The highest BCUT2D eigenvalue weighted by Gasteiger charge is 1.93. The van der Waals surface area contributed by atoms with Crippen LogP contribution in [0.25, 0.3) is 11.0 Å². The lowest BCUT2D eigenvalue weighted by atomic mass is 10.3. The summed E-state index contributed by atoms with van der Waals surface area (Å²) in [5, 5.41) is 0. The van der Waals surface area contributed by atoms with Crippen molar-refractivity contribution in [3.63, 3.8) is 0 Å². The molecule has 0 aliphatic rings. The van der Waals surface area contributed by atoms with Gasteiger partial charge in [0, 0.05) is 7.05 Å². The van der Waals surface area contributed by atoms with Gasteiger partial charge in [-0.2, -0.15) is 0 Å². The van der Waals surface area contributed by atoms with Gasteiger partial charge in [-0.15, -0.1) is 0 Å². The fraction of sp³-hybridized carbons (Fsp3) is 0.125. The van der Waals surface area contributed by atoms with Crippen LogP contribution in [0.5, 0.6) is 0 Å². The Kier molecular flexibility index (Phi) is 0.826. The number of nitrogens with zero attached hydrogens (tertiary/aromatic N) is 2. The van der Waals surface area contributed by atoms with Crippen molar-refractivity contribution in [3.8, 4) is 0 Å². The van der Waals surface area contributed by atoms with Gasteiger partial charge in [0.15, 0.2) is 0 Å². The highest BCUT2D eigenvalue weighted by atomic mass is 15.0. The molecule has 1 aromatic carbocycles. The molecule has 10 heavy (non-hydrogen) atoms. The van der Waals surface area contributed by atoms with E-state index in [0.717, 1.165) is 11.0 Å². The Morgan fingerprint density at radius 1 is 1.60 bits per heavy atom. The zero-order valence-corrected chi connectivity index (χ0v) is 5.70. The molecule has 0 atom stereocenters. The quantitative estimate of drug-likeness (QED) is 0.533. The minimum Gasteiger partial charge on any atom is -0.334 e. The third-order valence-corrected chi connectivity index (χ3v) is 1.57. The molecule has 2 nitrogen and oxygen atoms in total. The van der Waals surface area contributed by atoms with E-state index in [0.29, 0.717) is 6.04 Å². The molecule has 0 unspecified atom stereocenters. The summed E-state index contributed by atoms with van der Waals surface area (Å²) in [7, 11) is 1.94. The van der Waals surface area contributed by atoms with Crippen molar-refractivity contribution in [1.82, 2.24) is 9.55 Å². The fourth-order valence-corrected chi connectivity index (χ4v) is 1.03. The van der Waals surface area contributed by atoms with Crippen LogP contribution in [0.2, 0.25) is 0 Å². The molecule has 0 radical (unpaired) electrons. The number of fused-ring (bicyclic) bond motifs is 1. The van der Waals surface area contributed by atoms with Crippen LogP contribution in [-0.4, -0.2) is 9.55 Å². The van der Waals surface area contributed by atoms with E-state index in [-0.39, 0.29) is 0 Å². The number of para-hydroxylation sites is 2. The molecule has 0 bridgehead atoms. The van der Waals surface area contributed by atoms with Crippen LogP contribution in [-0.2, 0) is 7.05 Å². The van der Waals surface area contributed by atoms with Crippen LogP contribution < -0.4 is 0 Å². The number of imidazole rings is 1.